The molecule has 0 atom stereocenters. The zero-order valence-electron chi connectivity index (χ0n) is 14.5. The predicted octanol–water partition coefficient (Wildman–Crippen LogP) is 5.57. The van der Waals surface area contributed by atoms with Crippen molar-refractivity contribution in [2.45, 2.75) is 0 Å². The molecular formula is C21H10F5N3. The van der Waals surface area contributed by atoms with E-state index in [1.165, 1.54) is 24.7 Å². The molecule has 0 unspecified atom stereocenters. The minimum atomic E-state index is -2.22. The van der Waals surface area contributed by atoms with Crippen molar-refractivity contribution >= 4 is 0 Å². The lowest BCUT2D eigenvalue weighted by atomic mass is 9.94. The molecule has 4 aromatic rings. The smallest absolute Gasteiger partial charge is 0.200 e. The van der Waals surface area contributed by atoms with E-state index < -0.39 is 34.6 Å². The second-order valence-electron chi connectivity index (χ2n) is 5.96. The predicted molar refractivity (Wildman–Crippen MR) is 95.9 cm³/mol. The molecule has 3 heterocycles. The van der Waals surface area contributed by atoms with Crippen LogP contribution in [0.25, 0.3) is 33.8 Å². The van der Waals surface area contributed by atoms with Gasteiger partial charge in [-0.2, -0.15) is 0 Å². The van der Waals surface area contributed by atoms with Gasteiger partial charge in [-0.3, -0.25) is 15.0 Å². The topological polar surface area (TPSA) is 38.7 Å². The maximum absolute atomic E-state index is 14.5. The molecule has 0 saturated carbocycles. The molecule has 0 aliphatic heterocycles. The number of hydrogen-bond donors (Lipinski definition) is 0. The summed E-state index contributed by atoms with van der Waals surface area (Å²) in [5.41, 5.74) is -0.436. The molecule has 0 aliphatic rings. The first-order valence-corrected chi connectivity index (χ1v) is 8.34. The molecule has 8 heteroatoms. The van der Waals surface area contributed by atoms with Crippen molar-refractivity contribution in [2.24, 2.45) is 0 Å². The van der Waals surface area contributed by atoms with Gasteiger partial charge >= 0.3 is 0 Å². The Balaban J connectivity index is 2.12. The Morgan fingerprint density at radius 3 is 1.59 bits per heavy atom. The summed E-state index contributed by atoms with van der Waals surface area (Å²) in [6.45, 7) is 0. The number of nitrogens with zero attached hydrogens (tertiary/aromatic N) is 3. The molecule has 0 fully saturated rings. The number of benzene rings is 1. The third-order valence-electron chi connectivity index (χ3n) is 4.26. The summed E-state index contributed by atoms with van der Waals surface area (Å²) < 4.78 is 70.3. The maximum Gasteiger partial charge on any atom is 0.200 e. The number of halogens is 5. The van der Waals surface area contributed by atoms with Gasteiger partial charge in [-0.25, -0.2) is 22.0 Å². The van der Waals surface area contributed by atoms with Crippen molar-refractivity contribution in [3.05, 3.63) is 90.1 Å². The fourth-order valence-electron chi connectivity index (χ4n) is 2.98. The van der Waals surface area contributed by atoms with Crippen LogP contribution in [-0.2, 0) is 0 Å². The molecule has 0 saturated heterocycles. The Morgan fingerprint density at radius 2 is 1.03 bits per heavy atom. The molecule has 0 spiro atoms. The molecule has 0 bridgehead atoms. The van der Waals surface area contributed by atoms with E-state index in [2.05, 4.69) is 15.0 Å². The summed E-state index contributed by atoms with van der Waals surface area (Å²) >= 11 is 0. The lowest BCUT2D eigenvalue weighted by Crippen LogP contribution is -2.06. The summed E-state index contributed by atoms with van der Waals surface area (Å²) in [7, 11) is 0. The van der Waals surface area contributed by atoms with E-state index in [4.69, 9.17) is 0 Å². The number of pyridine rings is 3. The summed E-state index contributed by atoms with van der Waals surface area (Å²) in [6.07, 6.45) is 4.14. The third kappa shape index (κ3) is 3.12. The van der Waals surface area contributed by atoms with Crippen LogP contribution in [0.3, 0.4) is 0 Å². The second-order valence-corrected chi connectivity index (χ2v) is 5.96. The summed E-state index contributed by atoms with van der Waals surface area (Å²) in [5, 5.41) is 0. The molecule has 144 valence electrons. The summed E-state index contributed by atoms with van der Waals surface area (Å²) in [6, 6.07) is 10.9. The second kappa shape index (κ2) is 7.38. The minimum absolute atomic E-state index is 0.0926. The van der Waals surface area contributed by atoms with Crippen molar-refractivity contribution in [3.63, 3.8) is 0 Å². The van der Waals surface area contributed by atoms with E-state index in [1.54, 1.807) is 36.4 Å². The molecular weight excluding hydrogens is 389 g/mol. The first kappa shape index (κ1) is 18.7. The van der Waals surface area contributed by atoms with Crippen molar-refractivity contribution in [3.8, 4) is 33.8 Å². The number of aromatic nitrogens is 3. The normalized spacial score (nSPS) is 10.9. The van der Waals surface area contributed by atoms with Crippen molar-refractivity contribution < 1.29 is 22.0 Å². The fraction of sp³-hybridized carbons (Fsp3) is 0. The van der Waals surface area contributed by atoms with Gasteiger partial charge in [0.25, 0.3) is 0 Å². The molecule has 0 N–H and O–H groups in total. The molecule has 3 nitrogen and oxygen atoms in total. The van der Waals surface area contributed by atoms with Crippen molar-refractivity contribution in [1.82, 2.24) is 15.0 Å². The Labute approximate surface area is 161 Å². The fourth-order valence-corrected chi connectivity index (χ4v) is 2.98. The Morgan fingerprint density at radius 1 is 0.483 bits per heavy atom. The van der Waals surface area contributed by atoms with E-state index in [9.17, 15) is 22.0 Å². The van der Waals surface area contributed by atoms with Gasteiger partial charge in [-0.1, -0.05) is 12.1 Å². The zero-order valence-corrected chi connectivity index (χ0v) is 14.5. The van der Waals surface area contributed by atoms with Crippen LogP contribution in [0.2, 0.25) is 0 Å². The largest absolute Gasteiger partial charge is 0.256 e. The van der Waals surface area contributed by atoms with Gasteiger partial charge in [0.2, 0.25) is 5.82 Å². The van der Waals surface area contributed by atoms with E-state index in [0.717, 1.165) is 0 Å². The van der Waals surface area contributed by atoms with Gasteiger partial charge in [-0.15, -0.1) is 0 Å². The quantitative estimate of drug-likeness (QED) is 0.257. The molecule has 3 aromatic heterocycles. The lowest BCUT2D eigenvalue weighted by molar-refractivity contribution is 0.381. The molecule has 29 heavy (non-hydrogen) atoms. The highest BCUT2D eigenvalue weighted by atomic mass is 19.2. The highest BCUT2D eigenvalue weighted by molar-refractivity contribution is 5.90. The van der Waals surface area contributed by atoms with Gasteiger partial charge in [0.15, 0.2) is 23.3 Å². The van der Waals surface area contributed by atoms with Crippen LogP contribution in [0.1, 0.15) is 0 Å². The summed E-state index contributed by atoms with van der Waals surface area (Å²) in [4.78, 5) is 12.6. The van der Waals surface area contributed by atoms with Crippen molar-refractivity contribution in [1.29, 1.82) is 0 Å². The first-order chi connectivity index (χ1) is 14.0. The molecule has 0 radical (unpaired) electrons. The van der Waals surface area contributed by atoms with Crippen LogP contribution in [0.15, 0.2) is 61.1 Å². The van der Waals surface area contributed by atoms with Crippen LogP contribution in [0.5, 0.6) is 0 Å². The molecule has 0 aliphatic carbocycles. The van der Waals surface area contributed by atoms with Gasteiger partial charge in [0, 0.05) is 29.7 Å². The van der Waals surface area contributed by atoms with Crippen LogP contribution < -0.4 is 0 Å². The standard InChI is InChI=1S/C21H10F5N3/c22-16-15(17(23)19(25)20(26)18(16)24)11-7-10-29-21(13-6-2-4-9-28-13)14(11)12-5-1-3-8-27-12/h1-10H. The first-order valence-electron chi connectivity index (χ1n) is 8.34. The van der Waals surface area contributed by atoms with Gasteiger partial charge in [-0.05, 0) is 30.3 Å². The third-order valence-corrected chi connectivity index (χ3v) is 4.26. The monoisotopic (exact) mass is 399 g/mol. The van der Waals surface area contributed by atoms with E-state index >= 15 is 0 Å². The number of hydrogen-bond acceptors (Lipinski definition) is 3. The van der Waals surface area contributed by atoms with E-state index in [1.807, 2.05) is 0 Å². The van der Waals surface area contributed by atoms with Gasteiger partial charge < -0.3 is 0 Å². The zero-order chi connectivity index (χ0) is 20.5. The molecule has 4 rings (SSSR count). The maximum atomic E-state index is 14.5. The van der Waals surface area contributed by atoms with Crippen LogP contribution in [0, 0.1) is 29.1 Å². The van der Waals surface area contributed by atoms with Crippen LogP contribution in [0.4, 0.5) is 22.0 Å². The SMILES string of the molecule is Fc1c(F)c(F)c(-c2ccnc(-c3ccccn3)c2-c2ccccn2)c(F)c1F. The minimum Gasteiger partial charge on any atom is -0.256 e. The Kier molecular flexibility index (Phi) is 4.75. The highest BCUT2D eigenvalue weighted by Crippen LogP contribution is 2.40. The summed E-state index contributed by atoms with van der Waals surface area (Å²) in [5.74, 6) is -10.1. The Bertz CT molecular complexity index is 1170. The lowest BCUT2D eigenvalue weighted by Gasteiger charge is -2.15. The van der Waals surface area contributed by atoms with Gasteiger partial charge in [0.05, 0.1) is 22.6 Å². The number of rotatable bonds is 3. The van der Waals surface area contributed by atoms with E-state index in [0.29, 0.717) is 5.69 Å². The average molecular weight is 399 g/mol. The molecule has 1 aromatic carbocycles. The van der Waals surface area contributed by atoms with E-state index in [-0.39, 0.29) is 22.5 Å². The van der Waals surface area contributed by atoms with Gasteiger partial charge in [0.1, 0.15) is 0 Å². The van der Waals surface area contributed by atoms with Crippen LogP contribution >= 0.6 is 0 Å². The average Bonchev–Trinajstić information content (AvgIpc) is 2.77. The van der Waals surface area contributed by atoms with Crippen molar-refractivity contribution in [2.75, 3.05) is 0 Å². The highest BCUT2D eigenvalue weighted by Gasteiger charge is 2.29. The van der Waals surface area contributed by atoms with Crippen LogP contribution in [-0.4, -0.2) is 15.0 Å². The molecule has 0 amide bonds. The Hall–Kier alpha value is -3.68.